The largest absolute Gasteiger partial charge is 0.332 e. The van der Waals surface area contributed by atoms with Gasteiger partial charge in [0.15, 0.2) is 16.3 Å². The summed E-state index contributed by atoms with van der Waals surface area (Å²) in [5.74, 6) is 0.278. The van der Waals surface area contributed by atoms with Crippen LogP contribution in [0.2, 0.25) is 0 Å². The number of rotatable bonds is 5. The number of hydrogen-bond acceptors (Lipinski definition) is 4. The average molecular weight is 374 g/mol. The van der Waals surface area contributed by atoms with Crippen LogP contribution in [0.5, 0.6) is 0 Å². The van der Waals surface area contributed by atoms with Crippen LogP contribution in [0.1, 0.15) is 12.5 Å². The van der Waals surface area contributed by atoms with Crippen molar-refractivity contribution in [3.8, 4) is 0 Å². The average Bonchev–Trinajstić information content (AvgIpc) is 2.95. The number of halogens is 1. The summed E-state index contributed by atoms with van der Waals surface area (Å²) in [7, 11) is 3.05. The summed E-state index contributed by atoms with van der Waals surface area (Å²) >= 11 is 1.43. The highest BCUT2D eigenvalue weighted by Crippen LogP contribution is 2.25. The van der Waals surface area contributed by atoms with E-state index in [1.54, 1.807) is 23.7 Å². The zero-order valence-electron chi connectivity index (χ0n) is 14.8. The molecule has 0 saturated carbocycles. The van der Waals surface area contributed by atoms with Gasteiger partial charge in [-0.1, -0.05) is 36.0 Å². The molecule has 0 N–H and O–H groups in total. The molecule has 0 fully saturated rings. The molecule has 0 aliphatic heterocycles. The topological polar surface area (TPSA) is 61.8 Å². The molecular formula is C18H19FN4O2S. The third kappa shape index (κ3) is 3.24. The number of nitrogens with zero attached hydrogens (tertiary/aromatic N) is 4. The number of fused-ring (bicyclic) bond motifs is 1. The monoisotopic (exact) mass is 374 g/mol. The second kappa shape index (κ2) is 6.95. The molecule has 1 aromatic carbocycles. The van der Waals surface area contributed by atoms with Gasteiger partial charge in [0.1, 0.15) is 5.82 Å². The van der Waals surface area contributed by atoms with Gasteiger partial charge in [-0.05, 0) is 24.6 Å². The minimum Gasteiger partial charge on any atom is -0.309 e. The zero-order valence-corrected chi connectivity index (χ0v) is 15.6. The fourth-order valence-electron chi connectivity index (χ4n) is 2.68. The minimum absolute atomic E-state index is 0.285. The van der Waals surface area contributed by atoms with Crippen molar-refractivity contribution in [2.45, 2.75) is 24.4 Å². The Kier molecular flexibility index (Phi) is 4.86. The van der Waals surface area contributed by atoms with Gasteiger partial charge in [-0.2, -0.15) is 0 Å². The van der Waals surface area contributed by atoms with Gasteiger partial charge < -0.3 is 4.57 Å². The van der Waals surface area contributed by atoms with Crippen LogP contribution in [0.25, 0.3) is 11.2 Å². The highest BCUT2D eigenvalue weighted by molar-refractivity contribution is 7.98. The molecule has 0 aliphatic carbocycles. The molecule has 8 heteroatoms. The van der Waals surface area contributed by atoms with Crippen molar-refractivity contribution in [2.24, 2.45) is 14.1 Å². The van der Waals surface area contributed by atoms with E-state index < -0.39 is 5.69 Å². The predicted molar refractivity (Wildman–Crippen MR) is 101 cm³/mol. The molecule has 0 atom stereocenters. The molecule has 0 amide bonds. The molecule has 6 nitrogen and oxygen atoms in total. The molecule has 0 saturated heterocycles. The van der Waals surface area contributed by atoms with E-state index in [4.69, 9.17) is 0 Å². The SMILES string of the molecule is C=C(C)Cn1c(SCc2ccc(F)cc2)nc2c1c(=O)n(C)c(=O)n2C. The lowest BCUT2D eigenvalue weighted by atomic mass is 10.2. The minimum atomic E-state index is -0.419. The summed E-state index contributed by atoms with van der Waals surface area (Å²) in [6, 6.07) is 6.24. The van der Waals surface area contributed by atoms with Gasteiger partial charge in [0.2, 0.25) is 0 Å². The quantitative estimate of drug-likeness (QED) is 0.508. The Bertz CT molecular complexity index is 1110. The fourth-order valence-corrected chi connectivity index (χ4v) is 3.63. The third-order valence-corrected chi connectivity index (χ3v) is 5.07. The fraction of sp³-hybridized carbons (Fsp3) is 0.278. The van der Waals surface area contributed by atoms with Gasteiger partial charge in [-0.15, -0.1) is 0 Å². The van der Waals surface area contributed by atoms with Crippen LogP contribution in [0.3, 0.4) is 0 Å². The Labute approximate surface area is 153 Å². The number of aromatic nitrogens is 4. The van der Waals surface area contributed by atoms with Crippen LogP contribution < -0.4 is 11.2 Å². The Morgan fingerprint density at radius 3 is 2.46 bits per heavy atom. The summed E-state index contributed by atoms with van der Waals surface area (Å²) in [5.41, 5.74) is 1.72. The first-order valence-corrected chi connectivity index (χ1v) is 8.96. The van der Waals surface area contributed by atoms with Crippen molar-refractivity contribution in [1.82, 2.24) is 18.7 Å². The van der Waals surface area contributed by atoms with Crippen LogP contribution in [0.4, 0.5) is 4.39 Å². The van der Waals surface area contributed by atoms with Crippen molar-refractivity contribution in [3.63, 3.8) is 0 Å². The third-order valence-electron chi connectivity index (χ3n) is 4.02. The van der Waals surface area contributed by atoms with Crippen molar-refractivity contribution >= 4 is 22.9 Å². The molecule has 26 heavy (non-hydrogen) atoms. The van der Waals surface area contributed by atoms with Gasteiger partial charge in [-0.3, -0.25) is 13.9 Å². The van der Waals surface area contributed by atoms with Gasteiger partial charge in [0.25, 0.3) is 5.56 Å². The normalized spacial score (nSPS) is 11.2. The number of benzene rings is 1. The molecule has 0 spiro atoms. The summed E-state index contributed by atoms with van der Waals surface area (Å²) in [6.45, 7) is 6.22. The van der Waals surface area contributed by atoms with Gasteiger partial charge in [-0.25, -0.2) is 14.2 Å². The molecule has 2 aromatic heterocycles. The Hall–Kier alpha value is -2.61. The summed E-state index contributed by atoms with van der Waals surface area (Å²) in [6.07, 6.45) is 0. The number of hydrogen-bond donors (Lipinski definition) is 0. The van der Waals surface area contributed by atoms with E-state index >= 15 is 0 Å². The van der Waals surface area contributed by atoms with Gasteiger partial charge >= 0.3 is 5.69 Å². The highest BCUT2D eigenvalue weighted by atomic mass is 32.2. The highest BCUT2D eigenvalue weighted by Gasteiger charge is 2.19. The zero-order chi connectivity index (χ0) is 19.0. The molecular weight excluding hydrogens is 355 g/mol. The van der Waals surface area contributed by atoms with E-state index in [-0.39, 0.29) is 11.4 Å². The first-order valence-electron chi connectivity index (χ1n) is 7.97. The van der Waals surface area contributed by atoms with Crippen molar-refractivity contribution < 1.29 is 4.39 Å². The Morgan fingerprint density at radius 1 is 1.19 bits per heavy atom. The van der Waals surface area contributed by atoms with E-state index in [2.05, 4.69) is 11.6 Å². The Morgan fingerprint density at radius 2 is 1.85 bits per heavy atom. The first kappa shape index (κ1) is 18.2. The van der Waals surface area contributed by atoms with Crippen molar-refractivity contribution in [2.75, 3.05) is 0 Å². The van der Waals surface area contributed by atoms with Crippen molar-refractivity contribution in [3.05, 3.63) is 68.6 Å². The smallest absolute Gasteiger partial charge is 0.309 e. The standard InChI is InChI=1S/C18H19FN4O2S/c1-11(2)9-23-14-15(21(3)18(25)22(4)16(14)24)20-17(23)26-10-12-5-7-13(19)8-6-12/h5-8H,1,9-10H2,2-4H3. The molecule has 0 bridgehead atoms. The van der Waals surface area contributed by atoms with Crippen LogP contribution in [0, 0.1) is 5.82 Å². The van der Waals surface area contributed by atoms with Crippen LogP contribution >= 0.6 is 11.8 Å². The van der Waals surface area contributed by atoms with Crippen molar-refractivity contribution in [1.29, 1.82) is 0 Å². The molecule has 0 unspecified atom stereocenters. The second-order valence-corrected chi connectivity index (χ2v) is 7.17. The van der Waals surface area contributed by atoms with Crippen LogP contribution in [-0.4, -0.2) is 18.7 Å². The number of allylic oxidation sites excluding steroid dienone is 1. The van der Waals surface area contributed by atoms with E-state index in [1.165, 1.54) is 35.5 Å². The second-order valence-electron chi connectivity index (χ2n) is 6.23. The summed E-state index contributed by atoms with van der Waals surface area (Å²) < 4.78 is 17.3. The number of thioether (sulfide) groups is 1. The van der Waals surface area contributed by atoms with E-state index in [1.807, 2.05) is 6.92 Å². The molecule has 0 radical (unpaired) electrons. The molecule has 3 rings (SSSR count). The van der Waals surface area contributed by atoms with E-state index in [0.29, 0.717) is 28.6 Å². The van der Waals surface area contributed by atoms with Gasteiger partial charge in [0.05, 0.1) is 0 Å². The molecule has 2 heterocycles. The summed E-state index contributed by atoms with van der Waals surface area (Å²) in [4.78, 5) is 29.3. The lowest BCUT2D eigenvalue weighted by Crippen LogP contribution is -2.37. The molecule has 136 valence electrons. The van der Waals surface area contributed by atoms with E-state index in [9.17, 15) is 14.0 Å². The number of imidazole rings is 1. The number of aryl methyl sites for hydroxylation is 1. The molecule has 0 aliphatic rings. The molecule has 3 aromatic rings. The lowest BCUT2D eigenvalue weighted by molar-refractivity contribution is 0.627. The Balaban J connectivity index is 2.11. The summed E-state index contributed by atoms with van der Waals surface area (Å²) in [5, 5.41) is 0.616. The first-order chi connectivity index (χ1) is 12.3. The van der Waals surface area contributed by atoms with E-state index in [0.717, 1.165) is 15.7 Å². The van der Waals surface area contributed by atoms with Gasteiger partial charge in [0, 0.05) is 26.4 Å². The van der Waals surface area contributed by atoms with Crippen LogP contribution in [0.15, 0.2) is 51.2 Å². The lowest BCUT2D eigenvalue weighted by Gasteiger charge is -2.09. The maximum atomic E-state index is 13.1. The predicted octanol–water partition coefficient (Wildman–Crippen LogP) is 2.44. The van der Waals surface area contributed by atoms with Crippen LogP contribution in [-0.2, 0) is 26.4 Å². The maximum absolute atomic E-state index is 13.1. The maximum Gasteiger partial charge on any atom is 0.332 e.